The zero-order chi connectivity index (χ0) is 18.9. The molecule has 1 atom stereocenters. The van der Waals surface area contributed by atoms with Gasteiger partial charge in [0, 0.05) is 10.6 Å². The Kier molecular flexibility index (Phi) is 7.17. The van der Waals surface area contributed by atoms with E-state index in [4.69, 9.17) is 16.3 Å². The van der Waals surface area contributed by atoms with Crippen LogP contribution in [0.2, 0.25) is 5.02 Å². The SMILES string of the molecule is CO/N=C/c1ccc(C(=O)NC(CC(=O)OC)c2ccccc2Cl)cc1. The van der Waals surface area contributed by atoms with Crippen molar-refractivity contribution in [2.24, 2.45) is 5.16 Å². The van der Waals surface area contributed by atoms with Crippen molar-refractivity contribution in [2.75, 3.05) is 14.2 Å². The average molecular weight is 375 g/mol. The second kappa shape index (κ2) is 9.58. The van der Waals surface area contributed by atoms with E-state index in [1.165, 1.54) is 20.4 Å². The molecule has 0 bridgehead atoms. The molecule has 0 aliphatic heterocycles. The van der Waals surface area contributed by atoms with Gasteiger partial charge in [-0.1, -0.05) is 47.1 Å². The third-order valence-corrected chi connectivity index (χ3v) is 4.01. The van der Waals surface area contributed by atoms with Gasteiger partial charge in [0.15, 0.2) is 0 Å². The zero-order valence-electron chi connectivity index (χ0n) is 14.4. The maximum atomic E-state index is 12.6. The van der Waals surface area contributed by atoms with Crippen LogP contribution in [0.1, 0.15) is 33.9 Å². The second-order valence-electron chi connectivity index (χ2n) is 5.37. The van der Waals surface area contributed by atoms with E-state index in [1.54, 1.807) is 48.5 Å². The minimum absolute atomic E-state index is 0.0233. The molecule has 0 heterocycles. The van der Waals surface area contributed by atoms with Crippen molar-refractivity contribution in [1.82, 2.24) is 5.32 Å². The Balaban J connectivity index is 2.19. The number of esters is 1. The maximum absolute atomic E-state index is 12.6. The van der Waals surface area contributed by atoms with Crippen molar-refractivity contribution in [3.63, 3.8) is 0 Å². The van der Waals surface area contributed by atoms with Crippen LogP contribution in [0.15, 0.2) is 53.7 Å². The Morgan fingerprint density at radius 2 is 1.85 bits per heavy atom. The lowest BCUT2D eigenvalue weighted by molar-refractivity contribution is -0.141. The van der Waals surface area contributed by atoms with Gasteiger partial charge in [0.05, 0.1) is 25.8 Å². The Morgan fingerprint density at radius 3 is 2.46 bits per heavy atom. The molecule has 0 spiro atoms. The summed E-state index contributed by atoms with van der Waals surface area (Å²) in [6.45, 7) is 0. The molecule has 26 heavy (non-hydrogen) atoms. The van der Waals surface area contributed by atoms with E-state index in [-0.39, 0.29) is 12.3 Å². The molecule has 1 amide bonds. The van der Waals surface area contributed by atoms with Gasteiger partial charge in [-0.25, -0.2) is 0 Å². The largest absolute Gasteiger partial charge is 0.469 e. The fourth-order valence-electron chi connectivity index (χ4n) is 2.32. The van der Waals surface area contributed by atoms with Crippen LogP contribution in [-0.2, 0) is 14.4 Å². The highest BCUT2D eigenvalue weighted by Crippen LogP contribution is 2.25. The number of ether oxygens (including phenoxy) is 1. The van der Waals surface area contributed by atoms with Gasteiger partial charge >= 0.3 is 5.97 Å². The lowest BCUT2D eigenvalue weighted by Crippen LogP contribution is -2.30. The standard InChI is InChI=1S/C19H19ClN2O4/c1-25-18(23)11-17(15-5-3-4-6-16(15)20)22-19(24)14-9-7-13(8-10-14)12-21-26-2/h3-10,12,17H,11H2,1-2H3,(H,22,24)/b21-12+. The van der Waals surface area contributed by atoms with Crippen LogP contribution >= 0.6 is 11.6 Å². The molecule has 0 aromatic heterocycles. The highest BCUT2D eigenvalue weighted by Gasteiger charge is 2.21. The molecule has 2 aromatic rings. The minimum Gasteiger partial charge on any atom is -0.469 e. The van der Waals surface area contributed by atoms with Crippen LogP contribution < -0.4 is 5.32 Å². The quantitative estimate of drug-likeness (QED) is 0.458. The van der Waals surface area contributed by atoms with E-state index < -0.39 is 12.0 Å². The number of carbonyl (C=O) groups is 2. The van der Waals surface area contributed by atoms with E-state index in [9.17, 15) is 9.59 Å². The highest BCUT2D eigenvalue weighted by atomic mass is 35.5. The maximum Gasteiger partial charge on any atom is 0.307 e. The summed E-state index contributed by atoms with van der Waals surface area (Å²) in [5.41, 5.74) is 1.89. The van der Waals surface area contributed by atoms with Crippen molar-refractivity contribution in [3.05, 3.63) is 70.2 Å². The third kappa shape index (κ3) is 5.32. The van der Waals surface area contributed by atoms with Crippen molar-refractivity contribution in [3.8, 4) is 0 Å². The Hall–Kier alpha value is -2.86. The summed E-state index contributed by atoms with van der Waals surface area (Å²) in [7, 11) is 2.75. The zero-order valence-corrected chi connectivity index (χ0v) is 15.2. The number of carbonyl (C=O) groups excluding carboxylic acids is 2. The highest BCUT2D eigenvalue weighted by molar-refractivity contribution is 6.31. The third-order valence-electron chi connectivity index (χ3n) is 3.66. The molecule has 6 nitrogen and oxygen atoms in total. The molecule has 7 heteroatoms. The number of benzene rings is 2. The lowest BCUT2D eigenvalue weighted by Gasteiger charge is -2.19. The summed E-state index contributed by atoms with van der Waals surface area (Å²) in [6.07, 6.45) is 1.51. The molecule has 0 saturated carbocycles. The van der Waals surface area contributed by atoms with E-state index in [0.29, 0.717) is 16.1 Å². The predicted molar refractivity (Wildman–Crippen MR) is 99.3 cm³/mol. The summed E-state index contributed by atoms with van der Waals surface area (Å²) in [5.74, 6) is -0.768. The predicted octanol–water partition coefficient (Wildman–Crippen LogP) is 3.35. The molecule has 2 rings (SSSR count). The molecule has 0 saturated heterocycles. The van der Waals surface area contributed by atoms with E-state index in [2.05, 4.69) is 15.3 Å². The van der Waals surface area contributed by atoms with Crippen LogP contribution in [-0.4, -0.2) is 32.3 Å². The number of oxime groups is 1. The number of halogens is 1. The van der Waals surface area contributed by atoms with Gasteiger partial charge in [-0.3, -0.25) is 9.59 Å². The first-order valence-corrected chi connectivity index (χ1v) is 8.21. The topological polar surface area (TPSA) is 77.0 Å². The number of nitrogens with zero attached hydrogens (tertiary/aromatic N) is 1. The summed E-state index contributed by atoms with van der Waals surface area (Å²) in [4.78, 5) is 28.9. The fraction of sp³-hybridized carbons (Fsp3) is 0.211. The van der Waals surface area contributed by atoms with Crippen LogP contribution in [0, 0.1) is 0 Å². The van der Waals surface area contributed by atoms with Gasteiger partial charge in [-0.2, -0.15) is 0 Å². The smallest absolute Gasteiger partial charge is 0.307 e. The normalized spacial score (nSPS) is 11.8. The van der Waals surface area contributed by atoms with Crippen LogP contribution in [0.3, 0.4) is 0 Å². The van der Waals surface area contributed by atoms with Gasteiger partial charge < -0.3 is 14.9 Å². The number of hydrogen-bond donors (Lipinski definition) is 1. The number of amides is 1. The minimum atomic E-state index is -0.599. The molecule has 2 aromatic carbocycles. The molecule has 1 unspecified atom stereocenters. The van der Waals surface area contributed by atoms with Gasteiger partial charge in [0.1, 0.15) is 7.11 Å². The molecule has 1 N–H and O–H groups in total. The van der Waals surface area contributed by atoms with Crippen molar-refractivity contribution < 1.29 is 19.2 Å². The molecule has 0 fully saturated rings. The van der Waals surface area contributed by atoms with Gasteiger partial charge in [-0.05, 0) is 29.3 Å². The first kappa shape index (κ1) is 19.5. The lowest BCUT2D eigenvalue weighted by atomic mass is 10.0. The van der Waals surface area contributed by atoms with Crippen molar-refractivity contribution in [1.29, 1.82) is 0 Å². The number of nitrogens with one attached hydrogen (secondary N) is 1. The fourth-order valence-corrected chi connectivity index (χ4v) is 2.59. The van der Waals surface area contributed by atoms with Crippen LogP contribution in [0.5, 0.6) is 0 Å². The molecule has 0 aliphatic carbocycles. The summed E-state index contributed by atoms with van der Waals surface area (Å²) >= 11 is 6.21. The van der Waals surface area contributed by atoms with Crippen molar-refractivity contribution in [2.45, 2.75) is 12.5 Å². The number of rotatable bonds is 7. The van der Waals surface area contributed by atoms with E-state index >= 15 is 0 Å². The van der Waals surface area contributed by atoms with Gasteiger partial charge in [0.2, 0.25) is 0 Å². The van der Waals surface area contributed by atoms with Crippen LogP contribution in [0.4, 0.5) is 0 Å². The first-order chi connectivity index (χ1) is 12.5. The number of methoxy groups -OCH3 is 1. The second-order valence-corrected chi connectivity index (χ2v) is 5.77. The Labute approximate surface area is 156 Å². The van der Waals surface area contributed by atoms with Gasteiger partial charge in [-0.15, -0.1) is 0 Å². The molecule has 0 aliphatic rings. The summed E-state index contributed by atoms with van der Waals surface area (Å²) < 4.78 is 4.72. The summed E-state index contributed by atoms with van der Waals surface area (Å²) in [6, 6.07) is 13.2. The Morgan fingerprint density at radius 1 is 1.15 bits per heavy atom. The monoisotopic (exact) mass is 374 g/mol. The van der Waals surface area contributed by atoms with E-state index in [0.717, 1.165) is 5.56 Å². The Bertz CT molecular complexity index is 790. The first-order valence-electron chi connectivity index (χ1n) is 7.84. The average Bonchev–Trinajstić information content (AvgIpc) is 2.66. The molecule has 136 valence electrons. The van der Waals surface area contributed by atoms with E-state index in [1.807, 2.05) is 0 Å². The number of hydrogen-bond acceptors (Lipinski definition) is 5. The summed E-state index contributed by atoms with van der Waals surface area (Å²) in [5, 5.41) is 6.97. The molecular weight excluding hydrogens is 356 g/mol. The van der Waals surface area contributed by atoms with Gasteiger partial charge in [0.25, 0.3) is 5.91 Å². The molecular formula is C19H19ClN2O4. The van der Waals surface area contributed by atoms with Crippen molar-refractivity contribution >= 4 is 29.7 Å². The molecule has 0 radical (unpaired) electrons. The van der Waals surface area contributed by atoms with Crippen LogP contribution in [0.25, 0.3) is 0 Å².